The van der Waals surface area contributed by atoms with Crippen molar-refractivity contribution in [2.24, 2.45) is 10.9 Å². The molecule has 0 saturated carbocycles. The first-order valence-electron chi connectivity index (χ1n) is 12.9. The zero-order valence-corrected chi connectivity index (χ0v) is 21.2. The second kappa shape index (κ2) is 10.5. The predicted molar refractivity (Wildman–Crippen MR) is 150 cm³/mol. The third kappa shape index (κ3) is 4.92. The Hall–Kier alpha value is -4.38. The van der Waals surface area contributed by atoms with Crippen LogP contribution in [0.4, 0.5) is 15.8 Å². The topological polar surface area (TPSA) is 42.8 Å². The van der Waals surface area contributed by atoms with Gasteiger partial charge in [-0.3, -0.25) is 4.99 Å². The third-order valence-electron chi connectivity index (χ3n) is 7.38. The molecule has 1 heterocycles. The molecule has 0 aromatic heterocycles. The van der Waals surface area contributed by atoms with Gasteiger partial charge in [-0.1, -0.05) is 54.6 Å². The van der Waals surface area contributed by atoms with Gasteiger partial charge >= 0.3 is 0 Å². The summed E-state index contributed by atoms with van der Waals surface area (Å²) in [5.41, 5.74) is 6.58. The molecule has 38 heavy (non-hydrogen) atoms. The molecule has 0 radical (unpaired) electrons. The second-order valence-electron chi connectivity index (χ2n) is 9.74. The number of para-hydroxylation sites is 1. The van der Waals surface area contributed by atoms with Crippen LogP contribution in [0, 0.1) is 11.7 Å². The maximum atomic E-state index is 13.1. The number of nitrogens with zero attached hydrogens (tertiary/aromatic N) is 1. The standard InChI is InChI=1S/C33H29FN2O2/c1-37-32-19-23(11-18-31(32)38-21-22-9-14-25(34)15-10-22)20-35-26-16-12-24(13-17-26)33-29-7-4-6-27(29)28-5-2-3-8-30(28)36-33/h2-6,8-20,27,29,33,36H,7,21H2,1H3/t27-,29+,33+/m1/s1. The van der Waals surface area contributed by atoms with E-state index in [4.69, 9.17) is 9.47 Å². The van der Waals surface area contributed by atoms with Crippen molar-refractivity contribution in [3.8, 4) is 11.5 Å². The first kappa shape index (κ1) is 24.0. The highest BCUT2D eigenvalue weighted by atomic mass is 19.1. The van der Waals surface area contributed by atoms with Crippen molar-refractivity contribution in [3.05, 3.63) is 131 Å². The van der Waals surface area contributed by atoms with Crippen LogP contribution in [0.5, 0.6) is 11.5 Å². The summed E-state index contributed by atoms with van der Waals surface area (Å²) in [6.07, 6.45) is 7.59. The molecule has 0 fully saturated rings. The Morgan fingerprint density at radius 1 is 0.947 bits per heavy atom. The SMILES string of the molecule is COc1cc(C=Nc2ccc([C@@H]3Nc4ccccc4[C@H]4C=CC[C@@H]43)cc2)ccc1OCc1ccc(F)cc1. The van der Waals surface area contributed by atoms with Crippen molar-refractivity contribution in [2.45, 2.75) is 25.0 Å². The maximum Gasteiger partial charge on any atom is 0.161 e. The molecule has 1 aliphatic carbocycles. The Kier molecular flexibility index (Phi) is 6.65. The number of benzene rings is 4. The van der Waals surface area contributed by atoms with Crippen LogP contribution in [0.3, 0.4) is 0 Å². The Morgan fingerprint density at radius 2 is 1.76 bits per heavy atom. The number of aliphatic imine (C=N–C) groups is 1. The van der Waals surface area contributed by atoms with Crippen LogP contribution < -0.4 is 14.8 Å². The van der Waals surface area contributed by atoms with Gasteiger partial charge in [-0.15, -0.1) is 0 Å². The Bertz CT molecular complexity index is 1480. The van der Waals surface area contributed by atoms with Crippen molar-refractivity contribution < 1.29 is 13.9 Å². The summed E-state index contributed by atoms with van der Waals surface area (Å²) < 4.78 is 24.6. The quantitative estimate of drug-likeness (QED) is 0.205. The van der Waals surface area contributed by atoms with Crippen LogP contribution in [-0.4, -0.2) is 13.3 Å². The van der Waals surface area contributed by atoms with E-state index in [1.807, 2.05) is 24.4 Å². The van der Waals surface area contributed by atoms with Crippen molar-refractivity contribution in [1.82, 2.24) is 0 Å². The van der Waals surface area contributed by atoms with Gasteiger partial charge in [-0.25, -0.2) is 4.39 Å². The van der Waals surface area contributed by atoms with E-state index in [1.54, 1.807) is 19.2 Å². The number of allylic oxidation sites excluding steroid dienone is 2. The first-order valence-corrected chi connectivity index (χ1v) is 12.9. The van der Waals surface area contributed by atoms with E-state index in [9.17, 15) is 4.39 Å². The number of fused-ring (bicyclic) bond motifs is 3. The summed E-state index contributed by atoms with van der Waals surface area (Å²) in [6.45, 7) is 0.329. The van der Waals surface area contributed by atoms with Crippen LogP contribution in [0.1, 0.15) is 40.6 Å². The Morgan fingerprint density at radius 3 is 2.58 bits per heavy atom. The van der Waals surface area contributed by atoms with Crippen LogP contribution in [0.25, 0.3) is 0 Å². The molecule has 1 N–H and O–H groups in total. The second-order valence-corrected chi connectivity index (χ2v) is 9.74. The van der Waals surface area contributed by atoms with E-state index in [2.05, 4.69) is 71.0 Å². The highest BCUT2D eigenvalue weighted by Crippen LogP contribution is 2.49. The largest absolute Gasteiger partial charge is 0.493 e. The Balaban J connectivity index is 1.14. The summed E-state index contributed by atoms with van der Waals surface area (Å²) in [5, 5.41) is 3.78. The van der Waals surface area contributed by atoms with Gasteiger partial charge in [0.25, 0.3) is 0 Å². The average molecular weight is 505 g/mol. The van der Waals surface area contributed by atoms with E-state index in [0.717, 1.165) is 23.2 Å². The van der Waals surface area contributed by atoms with E-state index < -0.39 is 0 Å². The number of halogens is 1. The van der Waals surface area contributed by atoms with E-state index >= 15 is 0 Å². The first-order chi connectivity index (χ1) is 18.7. The van der Waals surface area contributed by atoms with E-state index in [0.29, 0.717) is 29.9 Å². The number of anilines is 1. The fourth-order valence-electron chi connectivity index (χ4n) is 5.42. The van der Waals surface area contributed by atoms with Gasteiger partial charge in [0.15, 0.2) is 11.5 Å². The molecule has 3 atom stereocenters. The minimum Gasteiger partial charge on any atom is -0.493 e. The summed E-state index contributed by atoms with van der Waals surface area (Å²) in [6, 6.07) is 29.4. The lowest BCUT2D eigenvalue weighted by atomic mass is 9.77. The van der Waals surface area contributed by atoms with Crippen molar-refractivity contribution in [2.75, 3.05) is 12.4 Å². The normalized spacial score (nSPS) is 19.6. The van der Waals surface area contributed by atoms with E-state index in [-0.39, 0.29) is 11.9 Å². The smallest absolute Gasteiger partial charge is 0.161 e. The number of hydrogen-bond donors (Lipinski definition) is 1. The van der Waals surface area contributed by atoms with Gasteiger partial charge in [0.2, 0.25) is 0 Å². The highest BCUT2D eigenvalue weighted by Gasteiger charge is 2.37. The van der Waals surface area contributed by atoms with Gasteiger partial charge in [0, 0.05) is 17.8 Å². The Labute approximate surface area is 222 Å². The van der Waals surface area contributed by atoms with Crippen molar-refractivity contribution >= 4 is 17.6 Å². The lowest BCUT2D eigenvalue weighted by molar-refractivity contribution is 0.284. The summed E-state index contributed by atoms with van der Waals surface area (Å²) in [5.74, 6) is 1.97. The highest BCUT2D eigenvalue weighted by molar-refractivity contribution is 5.83. The molecule has 190 valence electrons. The fourth-order valence-corrected chi connectivity index (χ4v) is 5.42. The molecule has 1 aliphatic heterocycles. The molecule has 0 saturated heterocycles. The molecule has 0 spiro atoms. The van der Waals surface area contributed by atoms with Crippen LogP contribution in [0.2, 0.25) is 0 Å². The molecule has 0 unspecified atom stereocenters. The molecule has 4 nitrogen and oxygen atoms in total. The number of methoxy groups -OCH3 is 1. The van der Waals surface area contributed by atoms with Gasteiger partial charge in [0.05, 0.1) is 18.8 Å². The molecule has 0 bridgehead atoms. The zero-order chi connectivity index (χ0) is 25.9. The molecule has 2 aliphatic rings. The summed E-state index contributed by atoms with van der Waals surface area (Å²) in [4.78, 5) is 4.68. The number of rotatable bonds is 7. The maximum absolute atomic E-state index is 13.1. The minimum absolute atomic E-state index is 0.263. The lowest BCUT2D eigenvalue weighted by Crippen LogP contribution is -2.28. The third-order valence-corrected chi connectivity index (χ3v) is 7.38. The van der Waals surface area contributed by atoms with Crippen molar-refractivity contribution in [1.29, 1.82) is 0 Å². The monoisotopic (exact) mass is 504 g/mol. The minimum atomic E-state index is -0.263. The summed E-state index contributed by atoms with van der Waals surface area (Å²) >= 11 is 0. The molecular formula is C33H29FN2O2. The molecule has 5 heteroatoms. The van der Waals surface area contributed by atoms with Gasteiger partial charge < -0.3 is 14.8 Å². The predicted octanol–water partition coefficient (Wildman–Crippen LogP) is 7.99. The van der Waals surface area contributed by atoms with Crippen LogP contribution in [-0.2, 0) is 6.61 Å². The van der Waals surface area contributed by atoms with Crippen LogP contribution in [0.15, 0.2) is 108 Å². The number of nitrogens with one attached hydrogen (secondary N) is 1. The van der Waals surface area contributed by atoms with Gasteiger partial charge in [-0.05, 0) is 83.1 Å². The fraction of sp³-hybridized carbons (Fsp3) is 0.182. The number of hydrogen-bond acceptors (Lipinski definition) is 4. The van der Waals surface area contributed by atoms with Gasteiger partial charge in [0.1, 0.15) is 12.4 Å². The molecule has 4 aromatic rings. The molecule has 6 rings (SSSR count). The van der Waals surface area contributed by atoms with Crippen LogP contribution >= 0.6 is 0 Å². The van der Waals surface area contributed by atoms with E-state index in [1.165, 1.54) is 28.9 Å². The lowest BCUT2D eigenvalue weighted by Gasteiger charge is -2.37. The molecular weight excluding hydrogens is 475 g/mol. The van der Waals surface area contributed by atoms with Crippen molar-refractivity contribution in [3.63, 3.8) is 0 Å². The van der Waals surface area contributed by atoms with Gasteiger partial charge in [-0.2, -0.15) is 0 Å². The molecule has 4 aromatic carbocycles. The average Bonchev–Trinajstić information content (AvgIpc) is 3.46. The number of ether oxygens (including phenoxy) is 2. The summed E-state index contributed by atoms with van der Waals surface area (Å²) in [7, 11) is 1.61. The zero-order valence-electron chi connectivity index (χ0n) is 21.2. The molecule has 0 amide bonds.